The molecule has 1 aromatic heterocycles. The predicted octanol–water partition coefficient (Wildman–Crippen LogP) is 0.107. The minimum Gasteiger partial charge on any atom is -0.476 e. The molecule has 0 aliphatic rings. The molecule has 2 N–H and O–H groups in total. The van der Waals surface area contributed by atoms with Crippen LogP contribution in [0, 0.1) is 0 Å². The van der Waals surface area contributed by atoms with Crippen molar-refractivity contribution in [2.45, 2.75) is 19.4 Å². The molecule has 1 heterocycles. The van der Waals surface area contributed by atoms with Crippen molar-refractivity contribution in [2.24, 2.45) is 0 Å². The lowest BCUT2D eigenvalue weighted by Gasteiger charge is -2.00. The fraction of sp³-hybridized carbons (Fsp3) is 0.444. The number of hydrogen-bond donors (Lipinski definition) is 2. The molecule has 0 spiro atoms. The van der Waals surface area contributed by atoms with Crippen LogP contribution in [0.4, 0.5) is 0 Å². The zero-order valence-electron chi connectivity index (χ0n) is 8.43. The van der Waals surface area contributed by atoms with Gasteiger partial charge in [0.15, 0.2) is 5.69 Å². The number of aromatic carboxylic acids is 1. The van der Waals surface area contributed by atoms with E-state index >= 15 is 0 Å². The smallest absolute Gasteiger partial charge is 0.356 e. The Labute approximate surface area is 86.9 Å². The van der Waals surface area contributed by atoms with Crippen molar-refractivity contribution in [3.05, 3.63) is 18.2 Å². The number of carbonyl (C=O) groups excluding carboxylic acids is 1. The first-order valence-electron chi connectivity index (χ1n) is 4.59. The molecule has 0 bridgehead atoms. The van der Waals surface area contributed by atoms with E-state index in [1.807, 2.05) is 0 Å². The number of carbonyl (C=O) groups is 2. The first kappa shape index (κ1) is 11.2. The van der Waals surface area contributed by atoms with Crippen LogP contribution < -0.4 is 5.32 Å². The second-order valence-electron chi connectivity index (χ2n) is 3.08. The molecule has 0 aromatic carbocycles. The Morgan fingerprint density at radius 3 is 2.87 bits per heavy atom. The van der Waals surface area contributed by atoms with Gasteiger partial charge in [-0.15, -0.1) is 0 Å². The van der Waals surface area contributed by atoms with Crippen LogP contribution in [0.3, 0.4) is 0 Å². The number of nitrogens with zero attached hydrogens (tertiary/aromatic N) is 2. The van der Waals surface area contributed by atoms with E-state index in [1.165, 1.54) is 12.5 Å². The number of nitrogens with one attached hydrogen (secondary N) is 1. The SMILES string of the molecule is CNC(=O)CCCn1cnc(C(=O)O)c1. The van der Waals surface area contributed by atoms with E-state index in [9.17, 15) is 9.59 Å². The lowest BCUT2D eigenvalue weighted by Crippen LogP contribution is -2.17. The van der Waals surface area contributed by atoms with Crippen LogP contribution in [0.2, 0.25) is 0 Å². The summed E-state index contributed by atoms with van der Waals surface area (Å²) in [6.45, 7) is 0.591. The van der Waals surface area contributed by atoms with E-state index in [4.69, 9.17) is 5.11 Å². The normalized spacial score (nSPS) is 9.93. The molecule has 0 saturated carbocycles. The van der Waals surface area contributed by atoms with Gasteiger partial charge in [0.25, 0.3) is 0 Å². The van der Waals surface area contributed by atoms with Gasteiger partial charge in [-0.3, -0.25) is 4.79 Å². The highest BCUT2D eigenvalue weighted by Gasteiger charge is 2.06. The third-order valence-electron chi connectivity index (χ3n) is 1.95. The lowest BCUT2D eigenvalue weighted by molar-refractivity contribution is -0.120. The van der Waals surface area contributed by atoms with Gasteiger partial charge in [0.05, 0.1) is 6.33 Å². The van der Waals surface area contributed by atoms with Crippen molar-refractivity contribution in [3.8, 4) is 0 Å². The number of amides is 1. The fourth-order valence-corrected chi connectivity index (χ4v) is 1.14. The fourth-order valence-electron chi connectivity index (χ4n) is 1.14. The molecule has 0 unspecified atom stereocenters. The monoisotopic (exact) mass is 211 g/mol. The maximum Gasteiger partial charge on any atom is 0.356 e. The number of aryl methyl sites for hydroxylation is 1. The topological polar surface area (TPSA) is 84.2 Å². The summed E-state index contributed by atoms with van der Waals surface area (Å²) >= 11 is 0. The summed E-state index contributed by atoms with van der Waals surface area (Å²) in [4.78, 5) is 25.1. The number of imidazole rings is 1. The summed E-state index contributed by atoms with van der Waals surface area (Å²) in [5.41, 5.74) is 0.0231. The van der Waals surface area contributed by atoms with Gasteiger partial charge in [-0.2, -0.15) is 0 Å². The van der Waals surface area contributed by atoms with Gasteiger partial charge in [-0.05, 0) is 6.42 Å². The molecular weight excluding hydrogens is 198 g/mol. The van der Waals surface area contributed by atoms with E-state index in [0.29, 0.717) is 19.4 Å². The van der Waals surface area contributed by atoms with E-state index in [2.05, 4.69) is 10.3 Å². The van der Waals surface area contributed by atoms with E-state index in [-0.39, 0.29) is 11.6 Å². The summed E-state index contributed by atoms with van der Waals surface area (Å²) < 4.78 is 1.66. The summed E-state index contributed by atoms with van der Waals surface area (Å²) in [6, 6.07) is 0. The predicted molar refractivity (Wildman–Crippen MR) is 52.5 cm³/mol. The molecule has 0 saturated heterocycles. The molecular formula is C9H13N3O3. The summed E-state index contributed by atoms with van der Waals surface area (Å²) in [5.74, 6) is -1.06. The summed E-state index contributed by atoms with van der Waals surface area (Å²) in [5, 5.41) is 11.1. The summed E-state index contributed by atoms with van der Waals surface area (Å²) in [7, 11) is 1.59. The zero-order chi connectivity index (χ0) is 11.3. The molecule has 0 atom stereocenters. The lowest BCUT2D eigenvalue weighted by atomic mass is 10.3. The molecule has 6 heteroatoms. The second kappa shape index (κ2) is 5.14. The highest BCUT2D eigenvalue weighted by molar-refractivity contribution is 5.84. The van der Waals surface area contributed by atoms with E-state index < -0.39 is 5.97 Å². The molecule has 0 aliphatic carbocycles. The number of carboxylic acids is 1. The van der Waals surface area contributed by atoms with Gasteiger partial charge in [0, 0.05) is 26.2 Å². The molecule has 1 rings (SSSR count). The Hall–Kier alpha value is -1.85. The average molecular weight is 211 g/mol. The Kier molecular flexibility index (Phi) is 3.84. The van der Waals surface area contributed by atoms with Crippen LogP contribution in [0.15, 0.2) is 12.5 Å². The molecule has 0 fully saturated rings. The Morgan fingerprint density at radius 1 is 1.60 bits per heavy atom. The zero-order valence-corrected chi connectivity index (χ0v) is 8.43. The van der Waals surface area contributed by atoms with Crippen molar-refractivity contribution in [2.75, 3.05) is 7.05 Å². The van der Waals surface area contributed by atoms with Crippen molar-refractivity contribution in [1.29, 1.82) is 0 Å². The molecule has 15 heavy (non-hydrogen) atoms. The van der Waals surface area contributed by atoms with Crippen LogP contribution in [0.5, 0.6) is 0 Å². The minimum atomic E-state index is -1.04. The highest BCUT2D eigenvalue weighted by atomic mass is 16.4. The first-order valence-corrected chi connectivity index (χ1v) is 4.59. The number of aromatic nitrogens is 2. The van der Waals surface area contributed by atoms with Crippen LogP contribution >= 0.6 is 0 Å². The number of carboxylic acid groups (broad SMARTS) is 1. The molecule has 1 amide bonds. The number of hydrogen-bond acceptors (Lipinski definition) is 3. The number of rotatable bonds is 5. The van der Waals surface area contributed by atoms with Crippen LogP contribution in [0.1, 0.15) is 23.3 Å². The van der Waals surface area contributed by atoms with Gasteiger partial charge < -0.3 is 15.0 Å². The van der Waals surface area contributed by atoms with Crippen LogP contribution in [0.25, 0.3) is 0 Å². The van der Waals surface area contributed by atoms with Gasteiger partial charge in [-0.25, -0.2) is 9.78 Å². The maximum atomic E-state index is 10.9. The third kappa shape index (κ3) is 3.41. The Balaban J connectivity index is 2.38. The van der Waals surface area contributed by atoms with Gasteiger partial charge in [0.1, 0.15) is 0 Å². The van der Waals surface area contributed by atoms with Crippen molar-refractivity contribution < 1.29 is 14.7 Å². The quantitative estimate of drug-likeness (QED) is 0.723. The third-order valence-corrected chi connectivity index (χ3v) is 1.95. The van der Waals surface area contributed by atoms with Gasteiger partial charge in [0.2, 0.25) is 5.91 Å². The van der Waals surface area contributed by atoms with Gasteiger partial charge in [-0.1, -0.05) is 0 Å². The average Bonchev–Trinajstić information content (AvgIpc) is 2.66. The van der Waals surface area contributed by atoms with Gasteiger partial charge >= 0.3 is 5.97 Å². The highest BCUT2D eigenvalue weighted by Crippen LogP contribution is 1.99. The maximum absolute atomic E-state index is 10.9. The van der Waals surface area contributed by atoms with Crippen molar-refractivity contribution in [3.63, 3.8) is 0 Å². The largest absolute Gasteiger partial charge is 0.476 e. The van der Waals surface area contributed by atoms with Crippen LogP contribution in [-0.4, -0.2) is 33.6 Å². The van der Waals surface area contributed by atoms with E-state index in [0.717, 1.165) is 0 Å². The molecule has 6 nitrogen and oxygen atoms in total. The standard InChI is InChI=1S/C9H13N3O3/c1-10-8(13)3-2-4-12-5-7(9(14)15)11-6-12/h5-6H,2-4H2,1H3,(H,10,13)(H,14,15). The van der Waals surface area contributed by atoms with Crippen molar-refractivity contribution in [1.82, 2.24) is 14.9 Å². The summed E-state index contributed by atoms with van der Waals surface area (Å²) in [6.07, 6.45) is 3.99. The Morgan fingerprint density at radius 2 is 2.33 bits per heavy atom. The molecule has 0 aliphatic heterocycles. The van der Waals surface area contributed by atoms with E-state index in [1.54, 1.807) is 11.6 Å². The molecule has 82 valence electrons. The first-order chi connectivity index (χ1) is 7.13. The molecule has 0 radical (unpaired) electrons. The Bertz CT molecular complexity index is 359. The second-order valence-corrected chi connectivity index (χ2v) is 3.08. The molecule has 1 aromatic rings. The van der Waals surface area contributed by atoms with Crippen molar-refractivity contribution >= 4 is 11.9 Å². The van der Waals surface area contributed by atoms with Crippen LogP contribution in [-0.2, 0) is 11.3 Å². The minimum absolute atomic E-state index is 0.0198.